The highest BCUT2D eigenvalue weighted by Crippen LogP contribution is 2.35. The standard InChI is InChI=1S/C29H19N3/c1-2-9-22(10-3-1)31-17-16-21-18-28-24(19-27(21)31)23-11-5-7-13-26(23)32(28)29-15-14-20-8-4-6-12-25(20)30-29/h1-19H. The number of pyridine rings is 1. The molecule has 0 bridgehead atoms. The van der Waals surface area contributed by atoms with Gasteiger partial charge in [0.1, 0.15) is 5.82 Å². The molecule has 3 nitrogen and oxygen atoms in total. The molecule has 0 N–H and O–H groups in total. The monoisotopic (exact) mass is 409 g/mol. The van der Waals surface area contributed by atoms with E-state index in [9.17, 15) is 0 Å². The molecule has 7 rings (SSSR count). The molecule has 0 aliphatic carbocycles. The molecule has 0 saturated carbocycles. The van der Waals surface area contributed by atoms with Gasteiger partial charge in [-0.3, -0.25) is 4.57 Å². The Bertz CT molecular complexity index is 1770. The largest absolute Gasteiger partial charge is 0.317 e. The summed E-state index contributed by atoms with van der Waals surface area (Å²) in [6.45, 7) is 0. The molecule has 0 aliphatic heterocycles. The third-order valence-corrected chi connectivity index (χ3v) is 6.33. The van der Waals surface area contributed by atoms with E-state index in [1.54, 1.807) is 0 Å². The van der Waals surface area contributed by atoms with Crippen LogP contribution in [-0.2, 0) is 0 Å². The molecule has 7 aromatic rings. The molecule has 0 unspecified atom stereocenters. The van der Waals surface area contributed by atoms with Crippen molar-refractivity contribution in [3.8, 4) is 11.5 Å². The van der Waals surface area contributed by atoms with E-state index in [4.69, 9.17) is 4.98 Å². The number of benzene rings is 4. The summed E-state index contributed by atoms with van der Waals surface area (Å²) in [5, 5.41) is 4.84. The second-order valence-corrected chi connectivity index (χ2v) is 8.16. The van der Waals surface area contributed by atoms with Crippen molar-refractivity contribution in [2.45, 2.75) is 0 Å². The highest BCUT2D eigenvalue weighted by atomic mass is 15.1. The van der Waals surface area contributed by atoms with Crippen LogP contribution in [0, 0.1) is 0 Å². The average molecular weight is 409 g/mol. The van der Waals surface area contributed by atoms with Gasteiger partial charge in [-0.05, 0) is 54.6 Å². The Labute approximate surface area is 184 Å². The van der Waals surface area contributed by atoms with Crippen molar-refractivity contribution < 1.29 is 0 Å². The normalized spacial score (nSPS) is 11.8. The van der Waals surface area contributed by atoms with Crippen molar-refractivity contribution in [1.29, 1.82) is 0 Å². The molecule has 0 atom stereocenters. The Hall–Kier alpha value is -4.37. The van der Waals surface area contributed by atoms with E-state index in [0.29, 0.717) is 0 Å². The lowest BCUT2D eigenvalue weighted by Gasteiger charge is -2.09. The lowest BCUT2D eigenvalue weighted by molar-refractivity contribution is 1.10. The molecule has 4 aromatic carbocycles. The van der Waals surface area contributed by atoms with Gasteiger partial charge >= 0.3 is 0 Å². The van der Waals surface area contributed by atoms with Gasteiger partial charge in [-0.15, -0.1) is 0 Å². The van der Waals surface area contributed by atoms with E-state index < -0.39 is 0 Å². The van der Waals surface area contributed by atoms with Crippen LogP contribution >= 0.6 is 0 Å². The van der Waals surface area contributed by atoms with Crippen molar-refractivity contribution in [2.75, 3.05) is 0 Å². The lowest BCUT2D eigenvalue weighted by atomic mass is 10.1. The number of para-hydroxylation sites is 3. The van der Waals surface area contributed by atoms with Gasteiger partial charge in [0, 0.05) is 33.4 Å². The Morgan fingerprint density at radius 2 is 1.34 bits per heavy atom. The van der Waals surface area contributed by atoms with Crippen LogP contribution in [0.15, 0.2) is 115 Å². The van der Waals surface area contributed by atoms with Crippen LogP contribution in [0.25, 0.3) is 55.1 Å². The third kappa shape index (κ3) is 2.45. The van der Waals surface area contributed by atoms with Crippen LogP contribution in [0.2, 0.25) is 0 Å². The molecular weight excluding hydrogens is 390 g/mol. The fraction of sp³-hybridized carbons (Fsp3) is 0. The van der Waals surface area contributed by atoms with Gasteiger partial charge in [-0.2, -0.15) is 0 Å². The first-order chi connectivity index (χ1) is 15.9. The second-order valence-electron chi connectivity index (χ2n) is 8.16. The number of fused-ring (bicyclic) bond motifs is 5. The fourth-order valence-corrected chi connectivity index (χ4v) is 4.84. The topological polar surface area (TPSA) is 22.8 Å². The third-order valence-electron chi connectivity index (χ3n) is 6.33. The van der Waals surface area contributed by atoms with Gasteiger partial charge in [0.2, 0.25) is 0 Å². The van der Waals surface area contributed by atoms with E-state index in [-0.39, 0.29) is 0 Å². The smallest absolute Gasteiger partial charge is 0.138 e. The van der Waals surface area contributed by atoms with E-state index in [1.807, 2.05) is 6.07 Å². The summed E-state index contributed by atoms with van der Waals surface area (Å²) < 4.78 is 4.55. The van der Waals surface area contributed by atoms with E-state index in [1.165, 1.54) is 38.4 Å². The van der Waals surface area contributed by atoms with Crippen molar-refractivity contribution in [3.05, 3.63) is 115 Å². The molecule has 3 aromatic heterocycles. The molecule has 0 saturated heterocycles. The summed E-state index contributed by atoms with van der Waals surface area (Å²) in [6, 6.07) is 38.5. The van der Waals surface area contributed by atoms with Gasteiger partial charge in [0.05, 0.1) is 22.1 Å². The van der Waals surface area contributed by atoms with Crippen LogP contribution < -0.4 is 0 Å². The molecule has 0 spiro atoms. The Morgan fingerprint density at radius 1 is 0.531 bits per heavy atom. The molecule has 3 heterocycles. The zero-order valence-corrected chi connectivity index (χ0v) is 17.3. The number of rotatable bonds is 2. The minimum Gasteiger partial charge on any atom is -0.317 e. The van der Waals surface area contributed by atoms with Crippen LogP contribution in [0.5, 0.6) is 0 Å². The van der Waals surface area contributed by atoms with Crippen LogP contribution in [0.3, 0.4) is 0 Å². The minimum atomic E-state index is 0.941. The van der Waals surface area contributed by atoms with Gasteiger partial charge in [-0.25, -0.2) is 4.98 Å². The highest BCUT2D eigenvalue weighted by Gasteiger charge is 2.15. The maximum absolute atomic E-state index is 5.01. The summed E-state index contributed by atoms with van der Waals surface area (Å²) in [4.78, 5) is 5.01. The average Bonchev–Trinajstić information content (AvgIpc) is 3.41. The number of aromatic nitrogens is 3. The van der Waals surface area contributed by atoms with Crippen molar-refractivity contribution in [3.63, 3.8) is 0 Å². The minimum absolute atomic E-state index is 0.941. The van der Waals surface area contributed by atoms with E-state index in [0.717, 1.165) is 16.7 Å². The summed E-state index contributed by atoms with van der Waals surface area (Å²) in [5.74, 6) is 0.941. The molecule has 0 amide bonds. The Balaban J connectivity index is 1.57. The number of hydrogen-bond acceptors (Lipinski definition) is 1. The Kier molecular flexibility index (Phi) is 3.55. The zero-order valence-electron chi connectivity index (χ0n) is 17.3. The summed E-state index contributed by atoms with van der Waals surface area (Å²) in [6.07, 6.45) is 2.15. The fourth-order valence-electron chi connectivity index (χ4n) is 4.84. The predicted octanol–water partition coefficient (Wildman–Crippen LogP) is 7.28. The molecule has 0 fully saturated rings. The van der Waals surface area contributed by atoms with Gasteiger partial charge in [0.15, 0.2) is 0 Å². The van der Waals surface area contributed by atoms with Crippen LogP contribution in [0.4, 0.5) is 0 Å². The first-order valence-corrected chi connectivity index (χ1v) is 10.8. The first kappa shape index (κ1) is 17.3. The molecule has 3 heteroatoms. The molecule has 32 heavy (non-hydrogen) atoms. The quantitative estimate of drug-likeness (QED) is 0.294. The zero-order chi connectivity index (χ0) is 21.1. The maximum Gasteiger partial charge on any atom is 0.138 e. The molecular formula is C29H19N3. The Morgan fingerprint density at radius 3 is 2.28 bits per heavy atom. The molecule has 0 radical (unpaired) electrons. The number of nitrogens with zero attached hydrogens (tertiary/aromatic N) is 3. The second kappa shape index (κ2) is 6.56. The van der Waals surface area contributed by atoms with Gasteiger partial charge < -0.3 is 4.57 Å². The van der Waals surface area contributed by atoms with E-state index in [2.05, 4.69) is 118 Å². The molecule has 0 aliphatic rings. The van der Waals surface area contributed by atoms with Crippen LogP contribution in [-0.4, -0.2) is 14.1 Å². The van der Waals surface area contributed by atoms with Crippen molar-refractivity contribution in [1.82, 2.24) is 14.1 Å². The van der Waals surface area contributed by atoms with Gasteiger partial charge in [-0.1, -0.05) is 54.6 Å². The summed E-state index contributed by atoms with van der Waals surface area (Å²) in [7, 11) is 0. The van der Waals surface area contributed by atoms with E-state index >= 15 is 0 Å². The first-order valence-electron chi connectivity index (χ1n) is 10.8. The summed E-state index contributed by atoms with van der Waals surface area (Å²) in [5.41, 5.74) is 5.73. The highest BCUT2D eigenvalue weighted by molar-refractivity contribution is 6.13. The lowest BCUT2D eigenvalue weighted by Crippen LogP contribution is -1.97. The SMILES string of the molecule is c1ccc(-n2ccc3cc4c(cc32)c2ccccc2n4-c2ccc3ccccc3n2)cc1. The maximum atomic E-state index is 5.01. The van der Waals surface area contributed by atoms with Crippen molar-refractivity contribution in [2.24, 2.45) is 0 Å². The van der Waals surface area contributed by atoms with Gasteiger partial charge in [0.25, 0.3) is 0 Å². The molecule has 150 valence electrons. The summed E-state index contributed by atoms with van der Waals surface area (Å²) >= 11 is 0. The van der Waals surface area contributed by atoms with Crippen LogP contribution in [0.1, 0.15) is 0 Å². The predicted molar refractivity (Wildman–Crippen MR) is 133 cm³/mol. The number of hydrogen-bond donors (Lipinski definition) is 0. The van der Waals surface area contributed by atoms with Crippen molar-refractivity contribution >= 4 is 43.6 Å².